The number of amides is 1. The van der Waals surface area contributed by atoms with E-state index in [0.717, 1.165) is 16.6 Å². The van der Waals surface area contributed by atoms with Crippen molar-refractivity contribution in [1.29, 1.82) is 0 Å². The van der Waals surface area contributed by atoms with Crippen LogP contribution < -0.4 is 5.32 Å². The topological polar surface area (TPSA) is 97.0 Å². The molecule has 2 heterocycles. The van der Waals surface area contributed by atoms with Crippen LogP contribution in [0.4, 0.5) is 5.82 Å². The Bertz CT molecular complexity index is 919. The molecule has 1 aromatic carbocycles. The van der Waals surface area contributed by atoms with E-state index >= 15 is 0 Å². The van der Waals surface area contributed by atoms with Crippen molar-refractivity contribution in [2.45, 2.75) is 26.4 Å². The van der Waals surface area contributed by atoms with Crippen molar-refractivity contribution < 1.29 is 14.3 Å². The summed E-state index contributed by atoms with van der Waals surface area (Å²) in [5.41, 5.74) is 2.68. The largest absolute Gasteiger partial charge is 0.449 e. The number of H-pyrrole nitrogens is 1. The smallest absolute Gasteiger partial charge is 0.338 e. The number of nitrogens with zero attached hydrogens (tertiary/aromatic N) is 2. The summed E-state index contributed by atoms with van der Waals surface area (Å²) in [6.45, 7) is 3.62. The van der Waals surface area contributed by atoms with Gasteiger partial charge in [0.05, 0.1) is 22.9 Å². The number of hydrogen-bond donors (Lipinski definition) is 2. The third-order valence-corrected chi connectivity index (χ3v) is 3.82. The van der Waals surface area contributed by atoms with Gasteiger partial charge in [0.2, 0.25) is 0 Å². The fraction of sp³-hybridized carbons (Fsp3) is 0.222. The van der Waals surface area contributed by atoms with E-state index in [4.69, 9.17) is 4.74 Å². The predicted molar refractivity (Wildman–Crippen MR) is 93.2 cm³/mol. The number of carbonyl (C=O) groups is 2. The molecule has 1 atom stereocenters. The highest BCUT2D eigenvalue weighted by atomic mass is 16.5. The molecule has 3 aromatic rings. The molecule has 0 fully saturated rings. The normalized spacial score (nSPS) is 11.9. The van der Waals surface area contributed by atoms with E-state index < -0.39 is 18.0 Å². The number of aromatic amines is 1. The van der Waals surface area contributed by atoms with Gasteiger partial charge in [-0.1, -0.05) is 13.0 Å². The monoisotopic (exact) mass is 338 g/mol. The van der Waals surface area contributed by atoms with Crippen LogP contribution >= 0.6 is 0 Å². The Morgan fingerprint density at radius 3 is 2.88 bits per heavy atom. The maximum atomic E-state index is 12.4. The minimum atomic E-state index is -0.897. The van der Waals surface area contributed by atoms with Crippen molar-refractivity contribution in [3.8, 4) is 0 Å². The number of hydrogen-bond acceptors (Lipinski definition) is 5. The second-order valence-corrected chi connectivity index (χ2v) is 5.59. The van der Waals surface area contributed by atoms with Gasteiger partial charge >= 0.3 is 5.97 Å². The van der Waals surface area contributed by atoms with E-state index in [9.17, 15) is 9.59 Å². The number of pyridine rings is 1. The number of aryl methyl sites for hydroxylation is 1. The first-order valence-electron chi connectivity index (χ1n) is 7.95. The maximum Gasteiger partial charge on any atom is 0.338 e. The molecule has 128 valence electrons. The van der Waals surface area contributed by atoms with Crippen molar-refractivity contribution in [3.05, 3.63) is 54.0 Å². The maximum absolute atomic E-state index is 12.4. The average molecular weight is 338 g/mol. The van der Waals surface area contributed by atoms with Gasteiger partial charge in [-0.2, -0.15) is 0 Å². The number of esters is 1. The summed E-state index contributed by atoms with van der Waals surface area (Å²) in [7, 11) is 0. The molecule has 1 unspecified atom stereocenters. The van der Waals surface area contributed by atoms with Gasteiger partial charge in [0.1, 0.15) is 5.82 Å². The molecule has 0 aliphatic heterocycles. The fourth-order valence-corrected chi connectivity index (χ4v) is 2.40. The molecular formula is C18H18N4O3. The SMILES string of the molecule is CCC(OC(=O)c1ccc2nc[nH]c2c1)C(=O)Nc1ncccc1C. The number of aromatic nitrogens is 3. The second-order valence-electron chi connectivity index (χ2n) is 5.59. The van der Waals surface area contributed by atoms with Crippen LogP contribution in [0.15, 0.2) is 42.9 Å². The Balaban J connectivity index is 1.71. The minimum Gasteiger partial charge on any atom is -0.449 e. The average Bonchev–Trinajstić information content (AvgIpc) is 3.09. The van der Waals surface area contributed by atoms with Gasteiger partial charge in [0.15, 0.2) is 6.10 Å². The third-order valence-electron chi connectivity index (χ3n) is 3.82. The van der Waals surface area contributed by atoms with Crippen molar-refractivity contribution in [3.63, 3.8) is 0 Å². The Morgan fingerprint density at radius 1 is 1.28 bits per heavy atom. The number of imidazole rings is 1. The molecular weight excluding hydrogens is 320 g/mol. The summed E-state index contributed by atoms with van der Waals surface area (Å²) in [5, 5.41) is 2.70. The quantitative estimate of drug-likeness (QED) is 0.697. The molecule has 25 heavy (non-hydrogen) atoms. The van der Waals surface area contributed by atoms with Gasteiger partial charge in [0.25, 0.3) is 5.91 Å². The highest BCUT2D eigenvalue weighted by Crippen LogP contribution is 2.15. The zero-order valence-electron chi connectivity index (χ0n) is 13.9. The van der Waals surface area contributed by atoms with Crippen LogP contribution in [0.1, 0.15) is 29.3 Å². The second kappa shape index (κ2) is 7.12. The number of fused-ring (bicyclic) bond motifs is 1. The molecule has 0 saturated carbocycles. The van der Waals surface area contributed by atoms with E-state index in [1.54, 1.807) is 43.7 Å². The Hall–Kier alpha value is -3.22. The summed E-state index contributed by atoms with van der Waals surface area (Å²) >= 11 is 0. The molecule has 0 bridgehead atoms. The number of rotatable bonds is 5. The lowest BCUT2D eigenvalue weighted by atomic mass is 10.2. The molecule has 2 N–H and O–H groups in total. The van der Waals surface area contributed by atoms with Crippen LogP contribution in [-0.4, -0.2) is 32.9 Å². The number of anilines is 1. The number of benzene rings is 1. The first-order chi connectivity index (χ1) is 12.1. The molecule has 7 heteroatoms. The molecule has 3 rings (SSSR count). The Kier molecular flexibility index (Phi) is 4.74. The molecule has 0 saturated heterocycles. The van der Waals surface area contributed by atoms with E-state index in [0.29, 0.717) is 17.8 Å². The predicted octanol–water partition coefficient (Wildman–Crippen LogP) is 2.84. The highest BCUT2D eigenvalue weighted by molar-refractivity contribution is 5.98. The van der Waals surface area contributed by atoms with Crippen LogP contribution in [-0.2, 0) is 9.53 Å². The lowest BCUT2D eigenvalue weighted by molar-refractivity contribution is -0.124. The van der Waals surface area contributed by atoms with Crippen LogP contribution in [0.2, 0.25) is 0 Å². The minimum absolute atomic E-state index is 0.357. The lowest BCUT2D eigenvalue weighted by Gasteiger charge is -2.16. The first-order valence-corrected chi connectivity index (χ1v) is 7.95. The molecule has 7 nitrogen and oxygen atoms in total. The van der Waals surface area contributed by atoms with Crippen LogP contribution in [0.3, 0.4) is 0 Å². The van der Waals surface area contributed by atoms with Crippen LogP contribution in [0, 0.1) is 6.92 Å². The zero-order chi connectivity index (χ0) is 17.8. The first kappa shape index (κ1) is 16.6. The van der Waals surface area contributed by atoms with Gasteiger partial charge in [-0.3, -0.25) is 4.79 Å². The summed E-state index contributed by atoms with van der Waals surface area (Å²) in [5.74, 6) is -0.502. The van der Waals surface area contributed by atoms with Gasteiger partial charge < -0.3 is 15.0 Å². The zero-order valence-corrected chi connectivity index (χ0v) is 13.9. The van der Waals surface area contributed by atoms with Crippen LogP contribution in [0.25, 0.3) is 11.0 Å². The van der Waals surface area contributed by atoms with Crippen molar-refractivity contribution >= 4 is 28.7 Å². The van der Waals surface area contributed by atoms with Gasteiger partial charge in [-0.15, -0.1) is 0 Å². The number of ether oxygens (including phenoxy) is 1. The van der Waals surface area contributed by atoms with E-state index in [1.807, 2.05) is 13.0 Å². The molecule has 0 spiro atoms. The Labute approximate surface area is 144 Å². The molecule has 0 aliphatic rings. The standard InChI is InChI=1S/C18H18N4O3/c1-3-15(17(23)22-16-11(2)5-4-8-19-16)25-18(24)12-6-7-13-14(9-12)21-10-20-13/h4-10,15H,3H2,1-2H3,(H,20,21)(H,19,22,23). The van der Waals surface area contributed by atoms with E-state index in [1.165, 1.54) is 0 Å². The summed E-state index contributed by atoms with van der Waals surface area (Å²) in [4.78, 5) is 35.9. The molecule has 0 aliphatic carbocycles. The van der Waals surface area contributed by atoms with Crippen molar-refractivity contribution in [1.82, 2.24) is 15.0 Å². The summed E-state index contributed by atoms with van der Waals surface area (Å²) in [6.07, 6.45) is 2.61. The third kappa shape index (κ3) is 3.65. The highest BCUT2D eigenvalue weighted by Gasteiger charge is 2.23. The van der Waals surface area contributed by atoms with Crippen molar-refractivity contribution in [2.75, 3.05) is 5.32 Å². The summed E-state index contributed by atoms with van der Waals surface area (Å²) in [6, 6.07) is 8.63. The van der Waals surface area contributed by atoms with E-state index in [-0.39, 0.29) is 0 Å². The van der Waals surface area contributed by atoms with Crippen LogP contribution in [0.5, 0.6) is 0 Å². The summed E-state index contributed by atoms with van der Waals surface area (Å²) < 4.78 is 5.37. The van der Waals surface area contributed by atoms with E-state index in [2.05, 4.69) is 20.3 Å². The fourth-order valence-electron chi connectivity index (χ4n) is 2.40. The Morgan fingerprint density at radius 2 is 2.12 bits per heavy atom. The van der Waals surface area contributed by atoms with Gasteiger partial charge in [-0.05, 0) is 43.2 Å². The molecule has 1 amide bonds. The lowest BCUT2D eigenvalue weighted by Crippen LogP contribution is -2.32. The number of carbonyl (C=O) groups excluding carboxylic acids is 2. The molecule has 0 radical (unpaired) electrons. The van der Waals surface area contributed by atoms with Crippen molar-refractivity contribution in [2.24, 2.45) is 0 Å². The number of nitrogens with one attached hydrogen (secondary N) is 2. The molecule has 2 aromatic heterocycles. The van der Waals surface area contributed by atoms with Gasteiger partial charge in [-0.25, -0.2) is 14.8 Å². The van der Waals surface area contributed by atoms with Gasteiger partial charge in [0, 0.05) is 6.20 Å².